The summed E-state index contributed by atoms with van der Waals surface area (Å²) in [5, 5.41) is 10.2. The van der Waals surface area contributed by atoms with Gasteiger partial charge in [0.25, 0.3) is 0 Å². The van der Waals surface area contributed by atoms with Crippen molar-refractivity contribution < 1.29 is 5.11 Å². The molecule has 2 heterocycles. The Morgan fingerprint density at radius 1 is 1.21 bits per heavy atom. The molecule has 0 amide bonds. The minimum absolute atomic E-state index is 0.427. The monoisotopic (exact) mass is 254 g/mol. The van der Waals surface area contributed by atoms with E-state index in [0.717, 1.165) is 16.9 Å². The molecule has 96 valence electrons. The van der Waals surface area contributed by atoms with Crippen LogP contribution < -0.4 is 0 Å². The van der Waals surface area contributed by atoms with Gasteiger partial charge < -0.3 is 9.67 Å². The molecular weight excluding hydrogens is 240 g/mol. The van der Waals surface area contributed by atoms with Gasteiger partial charge >= 0.3 is 0 Å². The van der Waals surface area contributed by atoms with E-state index in [2.05, 4.69) is 15.0 Å². The maximum atomic E-state index is 10.2. The van der Waals surface area contributed by atoms with Crippen molar-refractivity contribution in [2.75, 3.05) is 0 Å². The molecule has 0 aliphatic carbocycles. The number of aromatic nitrogens is 4. The Balaban J connectivity index is 1.89. The first-order valence-corrected chi connectivity index (χ1v) is 6.10. The van der Waals surface area contributed by atoms with Crippen LogP contribution >= 0.6 is 0 Å². The van der Waals surface area contributed by atoms with E-state index in [1.165, 1.54) is 0 Å². The molecule has 0 radical (unpaired) electrons. The number of hydrogen-bond donors (Lipinski definition) is 1. The molecule has 0 fully saturated rings. The van der Waals surface area contributed by atoms with E-state index in [9.17, 15) is 5.11 Å². The van der Waals surface area contributed by atoms with Crippen LogP contribution in [0.25, 0.3) is 11.0 Å². The second kappa shape index (κ2) is 4.78. The SMILES string of the molecule is Cn1ccnc1CC(O)c1cnc2ccccc2n1. The largest absolute Gasteiger partial charge is 0.386 e. The molecule has 0 aliphatic heterocycles. The molecule has 0 aliphatic rings. The van der Waals surface area contributed by atoms with Crippen molar-refractivity contribution >= 4 is 11.0 Å². The van der Waals surface area contributed by atoms with Crippen LogP contribution in [0, 0.1) is 0 Å². The molecule has 3 aromatic rings. The maximum Gasteiger partial charge on any atom is 0.111 e. The van der Waals surface area contributed by atoms with E-state index in [1.54, 1.807) is 12.4 Å². The van der Waals surface area contributed by atoms with Gasteiger partial charge in [-0.1, -0.05) is 12.1 Å². The van der Waals surface area contributed by atoms with Gasteiger partial charge in [-0.15, -0.1) is 0 Å². The van der Waals surface area contributed by atoms with E-state index < -0.39 is 6.10 Å². The van der Waals surface area contributed by atoms with Crippen LogP contribution in [-0.2, 0) is 13.5 Å². The smallest absolute Gasteiger partial charge is 0.111 e. The van der Waals surface area contributed by atoms with Crippen LogP contribution in [0.1, 0.15) is 17.6 Å². The fourth-order valence-electron chi connectivity index (χ4n) is 2.00. The Bertz CT molecular complexity index is 707. The van der Waals surface area contributed by atoms with Gasteiger partial charge in [-0.25, -0.2) is 9.97 Å². The minimum Gasteiger partial charge on any atom is -0.386 e. The zero-order chi connectivity index (χ0) is 13.2. The van der Waals surface area contributed by atoms with E-state index in [1.807, 2.05) is 42.1 Å². The lowest BCUT2D eigenvalue weighted by molar-refractivity contribution is 0.170. The highest BCUT2D eigenvalue weighted by Gasteiger charge is 2.13. The molecule has 0 saturated heterocycles. The zero-order valence-corrected chi connectivity index (χ0v) is 10.6. The van der Waals surface area contributed by atoms with Gasteiger partial charge in [-0.05, 0) is 12.1 Å². The lowest BCUT2D eigenvalue weighted by atomic mass is 10.2. The molecule has 0 spiro atoms. The standard InChI is InChI=1S/C14H14N4O/c1-18-7-6-15-14(18)8-13(19)12-9-16-10-4-2-3-5-11(10)17-12/h2-7,9,13,19H,8H2,1H3. The highest BCUT2D eigenvalue weighted by atomic mass is 16.3. The highest BCUT2D eigenvalue weighted by molar-refractivity contribution is 5.73. The number of rotatable bonds is 3. The molecule has 1 aromatic carbocycles. The molecule has 5 nitrogen and oxygen atoms in total. The third kappa shape index (κ3) is 2.32. The first kappa shape index (κ1) is 11.8. The fraction of sp³-hybridized carbons (Fsp3) is 0.214. The second-order valence-electron chi connectivity index (χ2n) is 4.46. The number of benzene rings is 1. The summed E-state index contributed by atoms with van der Waals surface area (Å²) in [7, 11) is 1.90. The maximum absolute atomic E-state index is 10.2. The quantitative estimate of drug-likeness (QED) is 0.771. The van der Waals surface area contributed by atoms with E-state index >= 15 is 0 Å². The molecule has 0 saturated carbocycles. The van der Waals surface area contributed by atoms with Crippen LogP contribution in [0.3, 0.4) is 0 Å². The van der Waals surface area contributed by atoms with Crippen LogP contribution in [0.4, 0.5) is 0 Å². The highest BCUT2D eigenvalue weighted by Crippen LogP contribution is 2.17. The Hall–Kier alpha value is -2.27. The number of hydrogen-bond acceptors (Lipinski definition) is 4. The molecule has 19 heavy (non-hydrogen) atoms. The Morgan fingerprint density at radius 3 is 2.74 bits per heavy atom. The third-order valence-electron chi connectivity index (χ3n) is 3.11. The van der Waals surface area contributed by atoms with Gasteiger partial charge in [-0.3, -0.25) is 4.98 Å². The summed E-state index contributed by atoms with van der Waals surface area (Å²) in [6, 6.07) is 7.61. The molecule has 1 atom stereocenters. The minimum atomic E-state index is -0.696. The van der Waals surface area contributed by atoms with E-state index in [4.69, 9.17) is 0 Å². The van der Waals surface area contributed by atoms with Crippen molar-refractivity contribution in [2.24, 2.45) is 7.05 Å². The summed E-state index contributed by atoms with van der Waals surface area (Å²) in [5.74, 6) is 0.822. The Labute approximate surface area is 110 Å². The molecule has 0 bridgehead atoms. The lowest BCUT2D eigenvalue weighted by Crippen LogP contribution is -2.08. The summed E-state index contributed by atoms with van der Waals surface area (Å²) in [6.07, 6.45) is 4.92. The summed E-state index contributed by atoms with van der Waals surface area (Å²) in [6.45, 7) is 0. The summed E-state index contributed by atoms with van der Waals surface area (Å²) in [5.41, 5.74) is 2.19. The predicted molar refractivity (Wildman–Crippen MR) is 71.4 cm³/mol. The van der Waals surface area contributed by atoms with Crippen molar-refractivity contribution in [1.82, 2.24) is 19.5 Å². The first-order chi connectivity index (χ1) is 9.24. The Morgan fingerprint density at radius 2 is 2.00 bits per heavy atom. The van der Waals surface area contributed by atoms with Gasteiger partial charge in [0.1, 0.15) is 11.9 Å². The number of aliphatic hydroxyl groups excluding tert-OH is 1. The number of imidazole rings is 1. The van der Waals surface area contributed by atoms with Crippen molar-refractivity contribution in [3.8, 4) is 0 Å². The molecule has 1 N–H and O–H groups in total. The van der Waals surface area contributed by atoms with E-state index in [-0.39, 0.29) is 0 Å². The number of para-hydroxylation sites is 2. The van der Waals surface area contributed by atoms with Crippen LogP contribution in [0.15, 0.2) is 42.9 Å². The molecular formula is C14H14N4O. The van der Waals surface area contributed by atoms with Gasteiger partial charge in [0.05, 0.1) is 22.9 Å². The lowest BCUT2D eigenvalue weighted by Gasteiger charge is -2.10. The van der Waals surface area contributed by atoms with Crippen molar-refractivity contribution in [2.45, 2.75) is 12.5 Å². The number of aliphatic hydroxyl groups is 1. The van der Waals surface area contributed by atoms with Gasteiger partial charge in [0.15, 0.2) is 0 Å². The summed E-state index contributed by atoms with van der Waals surface area (Å²) < 4.78 is 1.89. The third-order valence-corrected chi connectivity index (χ3v) is 3.11. The number of nitrogens with zero attached hydrogens (tertiary/aromatic N) is 4. The van der Waals surface area contributed by atoms with E-state index in [0.29, 0.717) is 12.1 Å². The molecule has 5 heteroatoms. The molecule has 1 unspecified atom stereocenters. The van der Waals surface area contributed by atoms with Crippen molar-refractivity contribution in [3.05, 3.63) is 54.4 Å². The van der Waals surface area contributed by atoms with Crippen LogP contribution in [0.5, 0.6) is 0 Å². The van der Waals surface area contributed by atoms with Crippen LogP contribution in [0.2, 0.25) is 0 Å². The second-order valence-corrected chi connectivity index (χ2v) is 4.46. The molecule has 2 aromatic heterocycles. The fourth-order valence-corrected chi connectivity index (χ4v) is 2.00. The summed E-state index contributed by atoms with van der Waals surface area (Å²) in [4.78, 5) is 12.9. The Kier molecular flexibility index (Phi) is 2.97. The van der Waals surface area contributed by atoms with Crippen LogP contribution in [-0.4, -0.2) is 24.6 Å². The molecule has 3 rings (SSSR count). The van der Waals surface area contributed by atoms with Gasteiger partial charge in [-0.2, -0.15) is 0 Å². The zero-order valence-electron chi connectivity index (χ0n) is 10.6. The topological polar surface area (TPSA) is 63.8 Å². The normalized spacial score (nSPS) is 12.7. The predicted octanol–water partition coefficient (Wildman–Crippen LogP) is 1.64. The number of aryl methyl sites for hydroxylation is 1. The van der Waals surface area contributed by atoms with Crippen molar-refractivity contribution in [3.63, 3.8) is 0 Å². The first-order valence-electron chi connectivity index (χ1n) is 6.10. The van der Waals surface area contributed by atoms with Gasteiger partial charge in [0.2, 0.25) is 0 Å². The average molecular weight is 254 g/mol. The van der Waals surface area contributed by atoms with Gasteiger partial charge in [0, 0.05) is 25.9 Å². The summed E-state index contributed by atoms with van der Waals surface area (Å²) >= 11 is 0. The average Bonchev–Trinajstić information content (AvgIpc) is 2.84. The number of fused-ring (bicyclic) bond motifs is 1. The van der Waals surface area contributed by atoms with Crippen molar-refractivity contribution in [1.29, 1.82) is 0 Å².